The van der Waals surface area contributed by atoms with E-state index < -0.39 is 0 Å². The number of unbranched alkanes of at least 4 members (excludes halogenated alkanes) is 4. The number of pyridine rings is 1. The summed E-state index contributed by atoms with van der Waals surface area (Å²) in [5, 5.41) is 0.862. The highest BCUT2D eigenvalue weighted by atomic mass is 16.5. The molecule has 0 spiro atoms. The average molecular weight is 438 g/mol. The molecule has 0 radical (unpaired) electrons. The number of hydrogen-bond donors (Lipinski definition) is 0. The molecule has 0 aliphatic carbocycles. The number of benzene rings is 2. The second-order valence-electron chi connectivity index (χ2n) is 8.04. The molecule has 5 nitrogen and oxygen atoms in total. The standard InChI is InChI=1S/C27H35NO4/c1-4-6-8-12-18-31-26-25(32-20-21-13-10-9-11-14-21)23-16-15-22(30-3)19-24(23)28(27(26)29)17-7-5-2/h9-11,13-16,19H,4-8,12,17-18,20H2,1-3H3. The van der Waals surface area contributed by atoms with Crippen LogP contribution in [0.15, 0.2) is 53.3 Å². The monoisotopic (exact) mass is 437 g/mol. The SMILES string of the molecule is CCCCCCOc1c(OCc2ccccc2)c2ccc(OC)cc2n(CCCC)c1=O. The first kappa shape index (κ1) is 23.7. The van der Waals surface area contributed by atoms with Crippen LogP contribution in [0.2, 0.25) is 0 Å². The molecule has 2 aromatic carbocycles. The summed E-state index contributed by atoms with van der Waals surface area (Å²) in [5.41, 5.74) is 1.71. The fourth-order valence-corrected chi connectivity index (χ4v) is 3.75. The lowest BCUT2D eigenvalue weighted by Crippen LogP contribution is -2.24. The molecule has 0 N–H and O–H groups in total. The number of rotatable bonds is 13. The highest BCUT2D eigenvalue weighted by molar-refractivity contribution is 5.89. The lowest BCUT2D eigenvalue weighted by molar-refractivity contribution is 0.255. The third kappa shape index (κ3) is 5.84. The Morgan fingerprint density at radius 2 is 1.62 bits per heavy atom. The highest BCUT2D eigenvalue weighted by Crippen LogP contribution is 2.35. The van der Waals surface area contributed by atoms with Crippen LogP contribution in [0.4, 0.5) is 0 Å². The first-order valence-corrected chi connectivity index (χ1v) is 11.7. The molecule has 0 saturated heterocycles. The smallest absolute Gasteiger partial charge is 0.297 e. The van der Waals surface area contributed by atoms with Crippen molar-refractivity contribution in [2.75, 3.05) is 13.7 Å². The van der Waals surface area contributed by atoms with E-state index in [1.807, 2.05) is 48.5 Å². The van der Waals surface area contributed by atoms with Crippen LogP contribution in [0, 0.1) is 0 Å². The minimum absolute atomic E-state index is 0.141. The Morgan fingerprint density at radius 3 is 2.34 bits per heavy atom. The summed E-state index contributed by atoms with van der Waals surface area (Å²) in [7, 11) is 1.64. The molecule has 0 atom stereocenters. The second kappa shape index (κ2) is 12.2. The molecule has 0 aliphatic heterocycles. The molecule has 1 aromatic heterocycles. The van der Waals surface area contributed by atoms with Crippen molar-refractivity contribution in [2.45, 2.75) is 65.5 Å². The predicted molar refractivity (Wildman–Crippen MR) is 130 cm³/mol. The van der Waals surface area contributed by atoms with Gasteiger partial charge in [-0.05, 0) is 30.5 Å². The Morgan fingerprint density at radius 1 is 0.844 bits per heavy atom. The summed E-state index contributed by atoms with van der Waals surface area (Å²) in [6, 6.07) is 15.7. The van der Waals surface area contributed by atoms with Gasteiger partial charge in [0.05, 0.1) is 19.2 Å². The Hall–Kier alpha value is -2.95. The molecule has 0 aliphatic rings. The number of ether oxygens (including phenoxy) is 3. The highest BCUT2D eigenvalue weighted by Gasteiger charge is 2.20. The second-order valence-corrected chi connectivity index (χ2v) is 8.04. The van der Waals surface area contributed by atoms with Crippen LogP contribution in [0.25, 0.3) is 10.9 Å². The van der Waals surface area contributed by atoms with Gasteiger partial charge in [0.2, 0.25) is 5.75 Å². The van der Waals surface area contributed by atoms with Crippen molar-refractivity contribution in [3.63, 3.8) is 0 Å². The number of nitrogens with zero attached hydrogens (tertiary/aromatic N) is 1. The number of aromatic nitrogens is 1. The molecule has 172 valence electrons. The third-order valence-corrected chi connectivity index (χ3v) is 5.59. The minimum Gasteiger partial charge on any atom is -0.497 e. The molecule has 0 fully saturated rings. The van der Waals surface area contributed by atoms with Crippen LogP contribution in [0.3, 0.4) is 0 Å². The Balaban J connectivity index is 2.05. The zero-order valence-electron chi connectivity index (χ0n) is 19.6. The molecular formula is C27H35NO4. The van der Waals surface area contributed by atoms with Gasteiger partial charge in [-0.1, -0.05) is 69.9 Å². The molecule has 3 rings (SSSR count). The molecule has 0 unspecified atom stereocenters. The Kier molecular flexibility index (Phi) is 9.02. The van der Waals surface area contributed by atoms with Gasteiger partial charge in [0.1, 0.15) is 12.4 Å². The summed E-state index contributed by atoms with van der Waals surface area (Å²) in [6.07, 6.45) is 6.24. The number of fused-ring (bicyclic) bond motifs is 1. The van der Waals surface area contributed by atoms with Gasteiger partial charge in [-0.25, -0.2) is 0 Å². The molecular weight excluding hydrogens is 402 g/mol. The zero-order valence-corrected chi connectivity index (χ0v) is 19.6. The van der Waals surface area contributed by atoms with E-state index in [2.05, 4.69) is 13.8 Å². The van der Waals surface area contributed by atoms with Gasteiger partial charge >= 0.3 is 0 Å². The third-order valence-electron chi connectivity index (χ3n) is 5.59. The van der Waals surface area contributed by atoms with Crippen molar-refractivity contribution in [2.24, 2.45) is 0 Å². The van der Waals surface area contributed by atoms with Gasteiger partial charge in [-0.2, -0.15) is 0 Å². The van der Waals surface area contributed by atoms with Gasteiger partial charge in [-0.3, -0.25) is 4.79 Å². The van der Waals surface area contributed by atoms with E-state index in [4.69, 9.17) is 14.2 Å². The number of hydrogen-bond acceptors (Lipinski definition) is 4. The molecule has 32 heavy (non-hydrogen) atoms. The topological polar surface area (TPSA) is 49.7 Å². The van der Waals surface area contributed by atoms with Gasteiger partial charge < -0.3 is 18.8 Å². The van der Waals surface area contributed by atoms with Crippen LogP contribution < -0.4 is 19.8 Å². The summed E-state index contributed by atoms with van der Waals surface area (Å²) in [6.45, 7) is 5.81. The maximum Gasteiger partial charge on any atom is 0.297 e. The fraction of sp³-hybridized carbons (Fsp3) is 0.444. The van der Waals surface area contributed by atoms with Crippen molar-refractivity contribution in [1.82, 2.24) is 4.57 Å². The molecule has 0 saturated carbocycles. The largest absolute Gasteiger partial charge is 0.497 e. The number of methoxy groups -OCH3 is 1. The van der Waals surface area contributed by atoms with Crippen molar-refractivity contribution < 1.29 is 14.2 Å². The number of aryl methyl sites for hydroxylation is 1. The molecule has 0 amide bonds. The van der Waals surface area contributed by atoms with Crippen molar-refractivity contribution >= 4 is 10.9 Å². The Labute approximate surface area is 190 Å². The average Bonchev–Trinajstić information content (AvgIpc) is 2.83. The van der Waals surface area contributed by atoms with Crippen molar-refractivity contribution in [3.05, 3.63) is 64.4 Å². The summed E-state index contributed by atoms with van der Waals surface area (Å²) < 4.78 is 19.6. The molecule has 1 heterocycles. The lowest BCUT2D eigenvalue weighted by atomic mass is 10.1. The molecule has 3 aromatic rings. The van der Waals surface area contributed by atoms with Crippen LogP contribution in [0.1, 0.15) is 57.9 Å². The van der Waals surface area contributed by atoms with E-state index in [0.29, 0.717) is 37.0 Å². The predicted octanol–water partition coefficient (Wildman–Crippen LogP) is 6.35. The first-order chi connectivity index (χ1) is 15.7. The Bertz CT molecular complexity index is 1040. The van der Waals surface area contributed by atoms with Gasteiger partial charge in [0.15, 0.2) is 5.75 Å². The van der Waals surface area contributed by atoms with E-state index >= 15 is 0 Å². The maximum absolute atomic E-state index is 13.6. The van der Waals surface area contributed by atoms with Crippen LogP contribution in [-0.4, -0.2) is 18.3 Å². The van der Waals surface area contributed by atoms with E-state index in [0.717, 1.165) is 48.6 Å². The lowest BCUT2D eigenvalue weighted by Gasteiger charge is -2.19. The van der Waals surface area contributed by atoms with Crippen LogP contribution in [0.5, 0.6) is 17.2 Å². The quantitative estimate of drug-likeness (QED) is 0.292. The summed E-state index contributed by atoms with van der Waals surface area (Å²) in [5.74, 6) is 1.54. The first-order valence-electron chi connectivity index (χ1n) is 11.7. The fourth-order valence-electron chi connectivity index (χ4n) is 3.75. The van der Waals surface area contributed by atoms with Gasteiger partial charge in [0.25, 0.3) is 5.56 Å². The van der Waals surface area contributed by atoms with Crippen LogP contribution in [-0.2, 0) is 13.2 Å². The van der Waals surface area contributed by atoms with Crippen molar-refractivity contribution in [3.8, 4) is 17.2 Å². The zero-order chi connectivity index (χ0) is 22.8. The van der Waals surface area contributed by atoms with E-state index in [9.17, 15) is 4.79 Å². The summed E-state index contributed by atoms with van der Waals surface area (Å²) in [4.78, 5) is 13.6. The molecule has 5 heteroatoms. The maximum atomic E-state index is 13.6. The van der Waals surface area contributed by atoms with E-state index in [1.165, 1.54) is 6.42 Å². The van der Waals surface area contributed by atoms with Crippen LogP contribution >= 0.6 is 0 Å². The minimum atomic E-state index is -0.141. The normalized spacial score (nSPS) is 11.0. The molecule has 0 bridgehead atoms. The van der Waals surface area contributed by atoms with Crippen molar-refractivity contribution in [1.29, 1.82) is 0 Å². The van der Waals surface area contributed by atoms with E-state index in [1.54, 1.807) is 11.7 Å². The van der Waals surface area contributed by atoms with Gasteiger partial charge in [-0.15, -0.1) is 0 Å². The van der Waals surface area contributed by atoms with Gasteiger partial charge in [0, 0.05) is 18.0 Å². The summed E-state index contributed by atoms with van der Waals surface area (Å²) >= 11 is 0. The van der Waals surface area contributed by atoms with E-state index in [-0.39, 0.29) is 5.56 Å².